The monoisotopic (exact) mass is 358 g/mol. The van der Waals surface area contributed by atoms with E-state index in [1.165, 1.54) is 11.3 Å². The quantitative estimate of drug-likeness (QED) is 0.896. The molecular formula is C19H22N2O3S. The smallest absolute Gasteiger partial charge is 0.229 e. The molecule has 1 aromatic heterocycles. The number of anilines is 1. The number of carbonyl (C=O) groups is 2. The lowest BCUT2D eigenvalue weighted by Gasteiger charge is -2.36. The van der Waals surface area contributed by atoms with Gasteiger partial charge in [-0.05, 0) is 50.8 Å². The maximum Gasteiger partial charge on any atom is 0.229 e. The van der Waals surface area contributed by atoms with Gasteiger partial charge in [-0.3, -0.25) is 9.59 Å². The van der Waals surface area contributed by atoms with Crippen molar-refractivity contribution in [3.05, 3.63) is 18.2 Å². The molecule has 2 saturated carbocycles. The summed E-state index contributed by atoms with van der Waals surface area (Å²) in [4.78, 5) is 29.4. The number of benzene rings is 1. The third-order valence-electron chi connectivity index (χ3n) is 5.32. The highest BCUT2D eigenvalue weighted by atomic mass is 32.1. The highest BCUT2D eigenvalue weighted by molar-refractivity contribution is 7.22. The van der Waals surface area contributed by atoms with Gasteiger partial charge in [-0.1, -0.05) is 17.8 Å². The Hall–Kier alpha value is -1.95. The highest BCUT2D eigenvalue weighted by Crippen LogP contribution is 2.40. The molecule has 0 saturated heterocycles. The average molecular weight is 358 g/mol. The van der Waals surface area contributed by atoms with Gasteiger partial charge in [0.15, 0.2) is 5.13 Å². The van der Waals surface area contributed by atoms with Crippen molar-refractivity contribution < 1.29 is 14.3 Å². The minimum absolute atomic E-state index is 0.00786. The molecule has 0 aliphatic heterocycles. The number of ketones is 1. The largest absolute Gasteiger partial charge is 0.494 e. The molecule has 0 radical (unpaired) electrons. The van der Waals surface area contributed by atoms with Crippen molar-refractivity contribution >= 4 is 38.4 Å². The zero-order valence-electron chi connectivity index (χ0n) is 14.3. The van der Waals surface area contributed by atoms with Gasteiger partial charge in [-0.2, -0.15) is 0 Å². The third kappa shape index (κ3) is 3.27. The van der Waals surface area contributed by atoms with E-state index >= 15 is 0 Å². The number of aromatic nitrogens is 1. The number of fused-ring (bicyclic) bond motifs is 3. The zero-order chi connectivity index (χ0) is 17.4. The number of carbonyl (C=O) groups excluding carboxylic acids is 2. The standard InChI is InChI=1S/C19H22N2O3S/c1-2-24-14-6-7-15-16(10-14)25-19(20-15)21-18(23)13-8-11-4-3-5-12(9-13)17(11)22/h6-7,10-13H,2-5,8-9H2,1H3,(H,20,21,23)/t11-,12+,13?. The van der Waals surface area contributed by atoms with Gasteiger partial charge in [-0.25, -0.2) is 4.98 Å². The van der Waals surface area contributed by atoms with E-state index in [-0.39, 0.29) is 23.7 Å². The van der Waals surface area contributed by atoms with Crippen LogP contribution in [0.25, 0.3) is 10.2 Å². The van der Waals surface area contributed by atoms with E-state index < -0.39 is 0 Å². The predicted molar refractivity (Wildman–Crippen MR) is 98.0 cm³/mol. The summed E-state index contributed by atoms with van der Waals surface area (Å²) in [5, 5.41) is 3.59. The van der Waals surface area contributed by atoms with Crippen LogP contribution < -0.4 is 10.1 Å². The van der Waals surface area contributed by atoms with E-state index in [9.17, 15) is 9.59 Å². The summed E-state index contributed by atoms with van der Waals surface area (Å²) in [7, 11) is 0. The fourth-order valence-electron chi connectivity index (χ4n) is 4.12. The van der Waals surface area contributed by atoms with E-state index in [4.69, 9.17) is 4.74 Å². The first-order chi connectivity index (χ1) is 12.1. The van der Waals surface area contributed by atoms with Gasteiger partial charge in [0.25, 0.3) is 0 Å². The van der Waals surface area contributed by atoms with Gasteiger partial charge in [0.2, 0.25) is 5.91 Å². The van der Waals surface area contributed by atoms with Gasteiger partial charge in [0.1, 0.15) is 11.5 Å². The minimum atomic E-state index is -0.0704. The molecule has 2 aliphatic rings. The number of Topliss-reactive ketones (excluding diaryl/α,β-unsaturated/α-hetero) is 1. The third-order valence-corrected chi connectivity index (χ3v) is 6.25. The molecule has 1 aromatic carbocycles. The number of nitrogens with zero attached hydrogens (tertiary/aromatic N) is 1. The van der Waals surface area contributed by atoms with E-state index in [1.807, 2.05) is 25.1 Å². The van der Waals surface area contributed by atoms with Crippen molar-refractivity contribution in [2.45, 2.75) is 39.0 Å². The maximum atomic E-state index is 12.7. The van der Waals surface area contributed by atoms with Crippen LogP contribution in [0.2, 0.25) is 0 Å². The Bertz CT molecular complexity index is 800. The average Bonchev–Trinajstić information content (AvgIpc) is 2.96. The summed E-state index contributed by atoms with van der Waals surface area (Å²) in [6.07, 6.45) is 4.40. The lowest BCUT2D eigenvalue weighted by molar-refractivity contribution is -0.136. The number of amides is 1. The molecule has 1 unspecified atom stereocenters. The molecule has 1 heterocycles. The van der Waals surface area contributed by atoms with Crippen LogP contribution >= 0.6 is 11.3 Å². The second-order valence-corrected chi connectivity index (χ2v) is 8.00. The Morgan fingerprint density at radius 2 is 2.08 bits per heavy atom. The molecule has 1 amide bonds. The van der Waals surface area contributed by atoms with Crippen LogP contribution in [-0.4, -0.2) is 23.3 Å². The minimum Gasteiger partial charge on any atom is -0.494 e. The summed E-state index contributed by atoms with van der Waals surface area (Å²) in [5.74, 6) is 1.32. The zero-order valence-corrected chi connectivity index (χ0v) is 15.1. The number of rotatable bonds is 4. The van der Waals surface area contributed by atoms with Crippen molar-refractivity contribution in [1.82, 2.24) is 4.98 Å². The lowest BCUT2D eigenvalue weighted by Crippen LogP contribution is -2.40. The number of hydrogen-bond donors (Lipinski definition) is 1. The molecule has 6 heteroatoms. The van der Waals surface area contributed by atoms with E-state index in [2.05, 4.69) is 10.3 Å². The lowest BCUT2D eigenvalue weighted by atomic mass is 9.67. The summed E-state index contributed by atoms with van der Waals surface area (Å²) >= 11 is 1.46. The summed E-state index contributed by atoms with van der Waals surface area (Å²) in [6.45, 7) is 2.57. The number of hydrogen-bond acceptors (Lipinski definition) is 5. The second kappa shape index (κ2) is 6.75. The van der Waals surface area contributed by atoms with Crippen molar-refractivity contribution in [2.24, 2.45) is 17.8 Å². The van der Waals surface area contributed by atoms with E-state index in [0.717, 1.165) is 35.2 Å². The molecule has 2 bridgehead atoms. The molecule has 3 atom stereocenters. The first kappa shape index (κ1) is 16.5. The first-order valence-electron chi connectivity index (χ1n) is 9.02. The van der Waals surface area contributed by atoms with Gasteiger partial charge >= 0.3 is 0 Å². The van der Waals surface area contributed by atoms with Crippen LogP contribution in [0, 0.1) is 17.8 Å². The molecule has 132 valence electrons. The fourth-order valence-corrected chi connectivity index (χ4v) is 5.01. The molecular weight excluding hydrogens is 336 g/mol. The predicted octanol–water partition coefficient (Wildman–Crippen LogP) is 4.03. The summed E-state index contributed by atoms with van der Waals surface area (Å²) < 4.78 is 6.51. The number of nitrogens with one attached hydrogen (secondary N) is 1. The van der Waals surface area contributed by atoms with Gasteiger partial charge in [0.05, 0.1) is 16.8 Å². The fraction of sp³-hybridized carbons (Fsp3) is 0.526. The van der Waals surface area contributed by atoms with E-state index in [0.29, 0.717) is 30.4 Å². The highest BCUT2D eigenvalue weighted by Gasteiger charge is 2.41. The van der Waals surface area contributed by atoms with Crippen molar-refractivity contribution in [3.63, 3.8) is 0 Å². The molecule has 0 spiro atoms. The normalized spacial score (nSPS) is 25.8. The van der Waals surface area contributed by atoms with Crippen molar-refractivity contribution in [1.29, 1.82) is 0 Å². The van der Waals surface area contributed by atoms with Crippen molar-refractivity contribution in [3.8, 4) is 5.75 Å². The van der Waals surface area contributed by atoms with Gasteiger partial charge in [0, 0.05) is 17.8 Å². The summed E-state index contributed by atoms with van der Waals surface area (Å²) in [6, 6.07) is 5.76. The van der Waals surface area contributed by atoms with Crippen LogP contribution in [0.1, 0.15) is 39.0 Å². The molecule has 5 nitrogen and oxygen atoms in total. The van der Waals surface area contributed by atoms with E-state index in [1.54, 1.807) is 0 Å². The van der Waals surface area contributed by atoms with Gasteiger partial charge in [-0.15, -0.1) is 0 Å². The van der Waals surface area contributed by atoms with Crippen LogP contribution in [0.15, 0.2) is 18.2 Å². The van der Waals surface area contributed by atoms with Gasteiger partial charge < -0.3 is 10.1 Å². The number of thiazole rings is 1. The van der Waals surface area contributed by atoms with Crippen LogP contribution in [0.3, 0.4) is 0 Å². The molecule has 25 heavy (non-hydrogen) atoms. The first-order valence-corrected chi connectivity index (χ1v) is 9.83. The Balaban J connectivity index is 1.47. The Labute approximate surface area is 150 Å². The topological polar surface area (TPSA) is 68.3 Å². The molecule has 1 N–H and O–H groups in total. The molecule has 2 aromatic rings. The molecule has 2 aliphatic carbocycles. The summed E-state index contributed by atoms with van der Waals surface area (Å²) in [5.41, 5.74) is 0.861. The number of ether oxygens (including phenoxy) is 1. The Morgan fingerprint density at radius 3 is 2.80 bits per heavy atom. The van der Waals surface area contributed by atoms with Crippen LogP contribution in [0.5, 0.6) is 5.75 Å². The maximum absolute atomic E-state index is 12.7. The Kier molecular flexibility index (Phi) is 4.46. The molecule has 2 fully saturated rings. The van der Waals surface area contributed by atoms with Crippen molar-refractivity contribution in [2.75, 3.05) is 11.9 Å². The second-order valence-electron chi connectivity index (χ2n) is 6.97. The SMILES string of the molecule is CCOc1ccc2nc(NC(=O)C3C[C@H]4CCC[C@@H](C3)C4=O)sc2c1. The van der Waals surface area contributed by atoms with Crippen LogP contribution in [0.4, 0.5) is 5.13 Å². The van der Waals surface area contributed by atoms with Crippen LogP contribution in [-0.2, 0) is 9.59 Å². The molecule has 4 rings (SSSR count). The Morgan fingerprint density at radius 1 is 1.32 bits per heavy atom.